The average Bonchev–Trinajstić information content (AvgIpc) is 3.28. The van der Waals surface area contributed by atoms with Crippen LogP contribution in [0.2, 0.25) is 0 Å². The minimum Gasteiger partial charge on any atom is -0.433 e. The van der Waals surface area contributed by atoms with Gasteiger partial charge in [0.1, 0.15) is 11.6 Å². The lowest BCUT2D eigenvalue weighted by molar-refractivity contribution is -0.127. The number of halogens is 6. The van der Waals surface area contributed by atoms with Crippen LogP contribution in [0.15, 0.2) is 30.3 Å². The summed E-state index contributed by atoms with van der Waals surface area (Å²) in [6.07, 6.45) is -3.81. The first-order valence-corrected chi connectivity index (χ1v) is 14.5. The van der Waals surface area contributed by atoms with Gasteiger partial charge in [0.15, 0.2) is 0 Å². The Balaban J connectivity index is 1.59. The molecular formula is C30H32F6N4O2S. The Morgan fingerprint density at radius 2 is 1.88 bits per heavy atom. The third-order valence-corrected chi connectivity index (χ3v) is 8.34. The highest BCUT2D eigenvalue weighted by Crippen LogP contribution is 2.39. The number of hydrogen-bond acceptors (Lipinski definition) is 6. The summed E-state index contributed by atoms with van der Waals surface area (Å²) in [7, 11) is 1.26. The van der Waals surface area contributed by atoms with Crippen LogP contribution in [0.25, 0.3) is 10.1 Å². The Hall–Kier alpha value is -3.63. The van der Waals surface area contributed by atoms with E-state index in [0.717, 1.165) is 55.1 Å². The number of piperidine rings is 1. The van der Waals surface area contributed by atoms with Crippen molar-refractivity contribution < 1.29 is 35.9 Å². The molecule has 0 atom stereocenters. The second-order valence-electron chi connectivity index (χ2n) is 10.4. The number of ether oxygens (including phenoxy) is 1. The van der Waals surface area contributed by atoms with Gasteiger partial charge in [0, 0.05) is 38.3 Å². The molecule has 0 bridgehead atoms. The third-order valence-electron chi connectivity index (χ3n) is 7.14. The molecule has 2 heterocycles. The molecule has 3 aromatic rings. The Morgan fingerprint density at radius 3 is 2.51 bits per heavy atom. The maximum Gasteiger partial charge on any atom is 0.393 e. The average molecular weight is 627 g/mol. The standard InChI is InChI=1S/C30H32F6N4O2S/c1-17(2)40-12-9-18(10-13-40)39-23-7-4-6-19-21(16-30(34,35)36)26(43-27(19)23)8-5-11-38-24-15-22(31)20(28(41)37-3)14-25(24)42-29(32)33/h4,6-7,14-15,17-18,29,38-39H,9-13,16H2,1-3H3,(H,37,41). The summed E-state index contributed by atoms with van der Waals surface area (Å²) in [5.74, 6) is 3.20. The van der Waals surface area contributed by atoms with E-state index in [9.17, 15) is 31.1 Å². The SMILES string of the molecule is CNC(=O)c1cc(OC(F)F)c(NCC#Cc2sc3c(NC4CCN(C(C)C)CC4)cccc3c2CC(F)(F)F)cc1F. The lowest BCUT2D eigenvalue weighted by Gasteiger charge is -2.35. The molecule has 2 aromatic carbocycles. The van der Waals surface area contributed by atoms with Gasteiger partial charge in [-0.15, -0.1) is 11.3 Å². The summed E-state index contributed by atoms with van der Waals surface area (Å²) in [4.78, 5) is 14.5. The Bertz CT molecular complexity index is 1500. The monoisotopic (exact) mass is 626 g/mol. The predicted molar refractivity (Wildman–Crippen MR) is 157 cm³/mol. The first-order chi connectivity index (χ1) is 20.4. The lowest BCUT2D eigenvalue weighted by Crippen LogP contribution is -2.42. The topological polar surface area (TPSA) is 65.6 Å². The first-order valence-electron chi connectivity index (χ1n) is 13.7. The normalized spacial score (nSPS) is 14.6. The van der Waals surface area contributed by atoms with E-state index < -0.39 is 42.2 Å². The third kappa shape index (κ3) is 8.26. The molecule has 0 aliphatic carbocycles. The molecule has 43 heavy (non-hydrogen) atoms. The number of anilines is 2. The van der Waals surface area contributed by atoms with E-state index >= 15 is 0 Å². The summed E-state index contributed by atoms with van der Waals surface area (Å²) in [6.45, 7) is 2.69. The van der Waals surface area contributed by atoms with Crippen LogP contribution < -0.4 is 20.7 Å². The number of likely N-dealkylation sites (tertiary alicyclic amines) is 1. The summed E-state index contributed by atoms with van der Waals surface area (Å²) >= 11 is 1.15. The Morgan fingerprint density at radius 1 is 1.16 bits per heavy atom. The van der Waals surface area contributed by atoms with E-state index in [1.807, 2.05) is 6.07 Å². The van der Waals surface area contributed by atoms with Gasteiger partial charge in [-0.25, -0.2) is 4.39 Å². The van der Waals surface area contributed by atoms with Gasteiger partial charge < -0.3 is 25.6 Å². The molecule has 0 spiro atoms. The van der Waals surface area contributed by atoms with Crippen molar-refractivity contribution in [3.8, 4) is 17.6 Å². The highest BCUT2D eigenvalue weighted by atomic mass is 32.1. The molecule has 6 nitrogen and oxygen atoms in total. The number of carbonyl (C=O) groups excluding carboxylic acids is 1. The smallest absolute Gasteiger partial charge is 0.393 e. The number of fused-ring (bicyclic) bond motifs is 1. The lowest BCUT2D eigenvalue weighted by atomic mass is 10.0. The van der Waals surface area contributed by atoms with Gasteiger partial charge >= 0.3 is 12.8 Å². The molecular weight excluding hydrogens is 594 g/mol. The quantitative estimate of drug-likeness (QED) is 0.179. The number of nitrogens with zero attached hydrogens (tertiary/aromatic N) is 1. The molecule has 1 aromatic heterocycles. The number of amides is 1. The van der Waals surface area contributed by atoms with E-state index in [2.05, 4.69) is 51.3 Å². The van der Waals surface area contributed by atoms with Crippen LogP contribution in [-0.2, 0) is 6.42 Å². The van der Waals surface area contributed by atoms with Crippen LogP contribution in [0.3, 0.4) is 0 Å². The van der Waals surface area contributed by atoms with Gasteiger partial charge in [-0.05, 0) is 49.8 Å². The zero-order valence-electron chi connectivity index (χ0n) is 23.8. The molecule has 3 N–H and O–H groups in total. The van der Waals surface area contributed by atoms with Crippen LogP contribution in [-0.4, -0.2) is 62.4 Å². The largest absolute Gasteiger partial charge is 0.433 e. The Kier molecular flexibility index (Phi) is 10.3. The molecule has 232 valence electrons. The highest BCUT2D eigenvalue weighted by molar-refractivity contribution is 7.20. The second-order valence-corrected chi connectivity index (χ2v) is 11.4. The summed E-state index contributed by atoms with van der Waals surface area (Å²) in [6, 6.07) is 7.52. The number of alkyl halides is 5. The number of benzene rings is 2. The van der Waals surface area contributed by atoms with Crippen LogP contribution in [0.1, 0.15) is 47.5 Å². The highest BCUT2D eigenvalue weighted by Gasteiger charge is 2.31. The first kappa shape index (κ1) is 32.3. The molecule has 0 saturated carbocycles. The maximum absolute atomic E-state index is 14.5. The summed E-state index contributed by atoms with van der Waals surface area (Å²) < 4.78 is 86.3. The van der Waals surface area contributed by atoms with Crippen molar-refractivity contribution in [1.29, 1.82) is 0 Å². The van der Waals surface area contributed by atoms with Gasteiger partial charge in [-0.3, -0.25) is 4.79 Å². The maximum atomic E-state index is 14.5. The van der Waals surface area contributed by atoms with Gasteiger partial charge in [-0.1, -0.05) is 24.0 Å². The van der Waals surface area contributed by atoms with Crippen molar-refractivity contribution >= 4 is 38.7 Å². The van der Waals surface area contributed by atoms with E-state index in [0.29, 0.717) is 16.1 Å². The molecule has 4 rings (SSSR count). The van der Waals surface area contributed by atoms with Gasteiger partial charge in [-0.2, -0.15) is 22.0 Å². The molecule has 13 heteroatoms. The van der Waals surface area contributed by atoms with Crippen molar-refractivity contribution in [2.24, 2.45) is 0 Å². The van der Waals surface area contributed by atoms with E-state index in [-0.39, 0.29) is 28.7 Å². The van der Waals surface area contributed by atoms with Crippen molar-refractivity contribution in [2.45, 2.75) is 58.0 Å². The molecule has 1 saturated heterocycles. The van der Waals surface area contributed by atoms with E-state index in [1.165, 1.54) is 7.05 Å². The number of rotatable bonds is 9. The van der Waals surface area contributed by atoms with Gasteiger partial charge in [0.25, 0.3) is 5.91 Å². The van der Waals surface area contributed by atoms with Crippen LogP contribution in [0.5, 0.6) is 5.75 Å². The van der Waals surface area contributed by atoms with Crippen LogP contribution >= 0.6 is 11.3 Å². The van der Waals surface area contributed by atoms with Gasteiger partial charge in [0.05, 0.1) is 39.5 Å². The fourth-order valence-electron chi connectivity index (χ4n) is 5.00. The van der Waals surface area contributed by atoms with E-state index in [4.69, 9.17) is 0 Å². The fourth-order valence-corrected chi connectivity index (χ4v) is 6.17. The number of hydrogen-bond donors (Lipinski definition) is 3. The summed E-state index contributed by atoms with van der Waals surface area (Å²) in [5, 5.41) is 8.85. The van der Waals surface area contributed by atoms with E-state index in [1.54, 1.807) is 12.1 Å². The zero-order chi connectivity index (χ0) is 31.3. The molecule has 1 fully saturated rings. The van der Waals surface area contributed by atoms with Crippen LogP contribution in [0, 0.1) is 17.7 Å². The molecule has 1 aliphatic heterocycles. The van der Waals surface area contributed by atoms with Crippen LogP contribution in [0.4, 0.5) is 37.7 Å². The molecule has 0 unspecified atom stereocenters. The number of nitrogens with one attached hydrogen (secondary N) is 3. The molecule has 0 radical (unpaired) electrons. The van der Waals surface area contributed by atoms with Crippen molar-refractivity contribution in [3.05, 3.63) is 52.2 Å². The number of carbonyl (C=O) groups is 1. The minimum absolute atomic E-state index is 0.0565. The van der Waals surface area contributed by atoms with Crippen molar-refractivity contribution in [3.63, 3.8) is 0 Å². The number of thiophene rings is 1. The zero-order valence-corrected chi connectivity index (χ0v) is 24.6. The molecule has 1 amide bonds. The summed E-state index contributed by atoms with van der Waals surface area (Å²) in [5.41, 5.74) is 0.120. The fraction of sp³-hybridized carbons (Fsp3) is 0.433. The van der Waals surface area contributed by atoms with Crippen molar-refractivity contribution in [1.82, 2.24) is 10.2 Å². The van der Waals surface area contributed by atoms with Gasteiger partial charge in [0.2, 0.25) is 0 Å². The minimum atomic E-state index is -4.47. The predicted octanol–water partition coefficient (Wildman–Crippen LogP) is 6.85. The Labute approximate surface area is 249 Å². The molecule has 1 aliphatic rings. The second kappa shape index (κ2) is 13.8. The van der Waals surface area contributed by atoms with Crippen molar-refractivity contribution in [2.75, 3.05) is 37.3 Å².